The monoisotopic (exact) mass is 280 g/mol. The molecular weight excluding hydrogens is 240 g/mol. The number of allylic oxidation sites excluding steroid dienone is 2. The molecule has 0 saturated carbocycles. The van der Waals surface area contributed by atoms with Gasteiger partial charge in [-0.25, -0.2) is 0 Å². The minimum absolute atomic E-state index is 0.521. The molecule has 0 N–H and O–H groups in total. The van der Waals surface area contributed by atoms with Crippen LogP contribution in [-0.4, -0.2) is 0 Å². The van der Waals surface area contributed by atoms with E-state index < -0.39 is 0 Å². The Kier molecular flexibility index (Phi) is 13.5. The van der Waals surface area contributed by atoms with Gasteiger partial charge >= 0.3 is 0 Å². The Bertz CT molecular complexity index is 207. The smallest absolute Gasteiger partial charge is 0.0351 e. The highest BCUT2D eigenvalue weighted by atomic mass is 14.1. The van der Waals surface area contributed by atoms with Gasteiger partial charge in [-0.15, -0.1) is 0 Å². The molecule has 0 rings (SSSR count). The highest BCUT2D eigenvalue weighted by Crippen LogP contribution is 2.22. The van der Waals surface area contributed by atoms with Crippen molar-refractivity contribution in [3.05, 3.63) is 12.2 Å². The lowest BCUT2D eigenvalue weighted by atomic mass is 9.89. The summed E-state index contributed by atoms with van der Waals surface area (Å²) in [4.78, 5) is 0. The lowest BCUT2D eigenvalue weighted by Gasteiger charge is -2.17. The van der Waals surface area contributed by atoms with Crippen molar-refractivity contribution < 1.29 is 0 Å². The molecule has 0 fully saturated rings. The summed E-state index contributed by atoms with van der Waals surface area (Å²) < 4.78 is 0. The maximum absolute atomic E-state index is 2.41. The molecule has 0 aromatic heterocycles. The first-order chi connectivity index (χ1) is 9.56. The second-order valence-corrected chi connectivity index (χ2v) is 7.54. The van der Waals surface area contributed by atoms with E-state index in [0.717, 1.165) is 0 Å². The van der Waals surface area contributed by atoms with Crippen LogP contribution in [0.25, 0.3) is 0 Å². The summed E-state index contributed by atoms with van der Waals surface area (Å²) >= 11 is 0. The Hall–Kier alpha value is -0.260. The van der Waals surface area contributed by atoms with Crippen LogP contribution in [0, 0.1) is 5.41 Å². The molecule has 0 atom stereocenters. The molecule has 0 unspecified atom stereocenters. The normalized spacial score (nSPS) is 12.4. The zero-order valence-corrected chi connectivity index (χ0v) is 14.8. The van der Waals surface area contributed by atoms with Gasteiger partial charge in [-0.3, -0.25) is 0 Å². The van der Waals surface area contributed by atoms with Crippen LogP contribution in [0.15, 0.2) is 12.2 Å². The van der Waals surface area contributed by atoms with Gasteiger partial charge in [0.1, 0.15) is 0 Å². The van der Waals surface area contributed by atoms with Gasteiger partial charge in [0, 0.05) is 0 Å². The number of hydrogen-bond acceptors (Lipinski definition) is 0. The molecule has 0 spiro atoms. The first-order valence-electron chi connectivity index (χ1n) is 9.21. The number of unbranched alkanes of at least 4 members (excludes halogenated alkanes) is 10. The predicted octanol–water partition coefficient (Wildman–Crippen LogP) is 7.68. The summed E-state index contributed by atoms with van der Waals surface area (Å²) in [6.45, 7) is 9.31. The van der Waals surface area contributed by atoms with E-state index >= 15 is 0 Å². The van der Waals surface area contributed by atoms with Gasteiger partial charge in [0.2, 0.25) is 0 Å². The van der Waals surface area contributed by atoms with Crippen molar-refractivity contribution in [1.29, 1.82) is 0 Å². The van der Waals surface area contributed by atoms with Crippen LogP contribution in [0.1, 0.15) is 111 Å². The molecule has 0 saturated heterocycles. The molecule has 0 heteroatoms. The van der Waals surface area contributed by atoms with Crippen molar-refractivity contribution in [3.8, 4) is 0 Å². The largest absolute Gasteiger partial charge is 0.0885 e. The zero-order chi connectivity index (χ0) is 15.1. The van der Waals surface area contributed by atoms with Crippen molar-refractivity contribution in [1.82, 2.24) is 0 Å². The second kappa shape index (κ2) is 13.7. The van der Waals surface area contributed by atoms with Crippen molar-refractivity contribution in [2.45, 2.75) is 111 Å². The third-order valence-electron chi connectivity index (χ3n) is 3.94. The van der Waals surface area contributed by atoms with Crippen molar-refractivity contribution >= 4 is 0 Å². The third kappa shape index (κ3) is 17.7. The standard InChI is InChI=1S/C20H40/c1-5-6-7-8-9-10-11-12-13-14-15-16-17-18-19-20(2,3)4/h13-14H,5-12,15-19H2,1-4H3/b14-13-. The molecular formula is C20H40. The molecule has 20 heavy (non-hydrogen) atoms. The second-order valence-electron chi connectivity index (χ2n) is 7.54. The molecule has 0 aromatic rings. The Labute approximate surface area is 129 Å². The molecule has 0 aromatic carbocycles. The fraction of sp³-hybridized carbons (Fsp3) is 0.900. The SMILES string of the molecule is CCCCCCCCC/C=C\CCCCCC(C)(C)C. The summed E-state index contributed by atoms with van der Waals surface area (Å²) in [5.74, 6) is 0. The van der Waals surface area contributed by atoms with Crippen molar-refractivity contribution in [2.24, 2.45) is 5.41 Å². The van der Waals surface area contributed by atoms with Crippen LogP contribution in [-0.2, 0) is 0 Å². The van der Waals surface area contributed by atoms with Gasteiger partial charge in [0.15, 0.2) is 0 Å². The van der Waals surface area contributed by atoms with E-state index in [4.69, 9.17) is 0 Å². The summed E-state index contributed by atoms with van der Waals surface area (Å²) in [5, 5.41) is 0. The Morgan fingerprint density at radius 3 is 1.55 bits per heavy atom. The van der Waals surface area contributed by atoms with E-state index in [-0.39, 0.29) is 0 Å². The fourth-order valence-corrected chi connectivity index (χ4v) is 2.55. The lowest BCUT2D eigenvalue weighted by molar-refractivity contribution is 0.358. The highest BCUT2D eigenvalue weighted by molar-refractivity contribution is 4.81. The van der Waals surface area contributed by atoms with Gasteiger partial charge in [-0.1, -0.05) is 91.2 Å². The van der Waals surface area contributed by atoms with Crippen LogP contribution in [0.4, 0.5) is 0 Å². The topological polar surface area (TPSA) is 0 Å². The van der Waals surface area contributed by atoms with E-state index in [9.17, 15) is 0 Å². The van der Waals surface area contributed by atoms with Gasteiger partial charge < -0.3 is 0 Å². The van der Waals surface area contributed by atoms with Gasteiger partial charge in [0.05, 0.1) is 0 Å². The minimum atomic E-state index is 0.521. The maximum Gasteiger partial charge on any atom is -0.0351 e. The van der Waals surface area contributed by atoms with E-state index in [2.05, 4.69) is 39.8 Å². The summed E-state index contributed by atoms with van der Waals surface area (Å²) in [5.41, 5.74) is 0.521. The summed E-state index contributed by atoms with van der Waals surface area (Å²) in [7, 11) is 0. The van der Waals surface area contributed by atoms with Gasteiger partial charge in [-0.2, -0.15) is 0 Å². The van der Waals surface area contributed by atoms with Gasteiger partial charge in [-0.05, 0) is 37.5 Å². The summed E-state index contributed by atoms with van der Waals surface area (Å²) in [6, 6.07) is 0. The molecule has 0 bridgehead atoms. The fourth-order valence-electron chi connectivity index (χ4n) is 2.55. The average molecular weight is 281 g/mol. The van der Waals surface area contributed by atoms with E-state index in [1.165, 1.54) is 83.5 Å². The third-order valence-corrected chi connectivity index (χ3v) is 3.94. The van der Waals surface area contributed by atoms with E-state index in [1.807, 2.05) is 0 Å². The first-order valence-corrected chi connectivity index (χ1v) is 9.21. The first kappa shape index (κ1) is 19.7. The van der Waals surface area contributed by atoms with Crippen LogP contribution < -0.4 is 0 Å². The molecule has 0 heterocycles. The Balaban J connectivity index is 3.13. The van der Waals surface area contributed by atoms with Crippen LogP contribution in [0.3, 0.4) is 0 Å². The van der Waals surface area contributed by atoms with E-state index in [0.29, 0.717) is 5.41 Å². The Morgan fingerprint density at radius 1 is 0.600 bits per heavy atom. The van der Waals surface area contributed by atoms with Crippen LogP contribution >= 0.6 is 0 Å². The van der Waals surface area contributed by atoms with E-state index in [1.54, 1.807) is 0 Å². The molecule has 0 aliphatic rings. The summed E-state index contributed by atoms with van der Waals surface area (Å²) in [6.07, 6.45) is 22.9. The molecule has 0 amide bonds. The highest BCUT2D eigenvalue weighted by Gasteiger charge is 2.08. The van der Waals surface area contributed by atoms with Crippen molar-refractivity contribution in [2.75, 3.05) is 0 Å². The lowest BCUT2D eigenvalue weighted by Crippen LogP contribution is -2.03. The molecule has 0 radical (unpaired) electrons. The van der Waals surface area contributed by atoms with Gasteiger partial charge in [0.25, 0.3) is 0 Å². The van der Waals surface area contributed by atoms with Crippen LogP contribution in [0.2, 0.25) is 0 Å². The zero-order valence-electron chi connectivity index (χ0n) is 14.8. The average Bonchev–Trinajstić information content (AvgIpc) is 2.38. The minimum Gasteiger partial charge on any atom is -0.0885 e. The maximum atomic E-state index is 2.41. The van der Waals surface area contributed by atoms with Crippen molar-refractivity contribution in [3.63, 3.8) is 0 Å². The molecule has 0 nitrogen and oxygen atoms in total. The number of rotatable bonds is 13. The molecule has 0 aliphatic carbocycles. The van der Waals surface area contributed by atoms with Crippen LogP contribution in [0.5, 0.6) is 0 Å². The number of hydrogen-bond donors (Lipinski definition) is 0. The molecule has 0 aliphatic heterocycles. The quantitative estimate of drug-likeness (QED) is 0.240. The Morgan fingerprint density at radius 2 is 1.05 bits per heavy atom. The predicted molar refractivity (Wildman–Crippen MR) is 94.3 cm³/mol. The molecule has 120 valence electrons.